The van der Waals surface area contributed by atoms with Crippen molar-refractivity contribution < 1.29 is 9.13 Å². The van der Waals surface area contributed by atoms with Gasteiger partial charge in [-0.2, -0.15) is 5.26 Å². The smallest absolute Gasteiger partial charge is 0.144 e. The van der Waals surface area contributed by atoms with Crippen molar-refractivity contribution in [3.05, 3.63) is 29.6 Å². The Bertz CT molecular complexity index is 529. The molecule has 3 heteroatoms. The minimum Gasteiger partial charge on any atom is -0.493 e. The van der Waals surface area contributed by atoms with E-state index in [4.69, 9.17) is 10.00 Å². The molecule has 2 rings (SSSR count). The molecule has 0 atom stereocenters. The maximum atomic E-state index is 13.5. The van der Waals surface area contributed by atoms with Gasteiger partial charge in [-0.25, -0.2) is 4.39 Å². The lowest BCUT2D eigenvalue weighted by atomic mass is 9.78. The third-order valence-corrected chi connectivity index (χ3v) is 5.27. The van der Waals surface area contributed by atoms with Gasteiger partial charge in [-0.05, 0) is 36.8 Å². The Morgan fingerprint density at radius 3 is 2.33 bits per heavy atom. The van der Waals surface area contributed by atoms with Crippen molar-refractivity contribution in [3.63, 3.8) is 0 Å². The molecule has 0 aromatic heterocycles. The zero-order valence-electron chi connectivity index (χ0n) is 14.9. The lowest BCUT2D eigenvalue weighted by Gasteiger charge is -2.28. The topological polar surface area (TPSA) is 33.0 Å². The lowest BCUT2D eigenvalue weighted by Crippen LogP contribution is -2.15. The first-order valence-corrected chi connectivity index (χ1v) is 9.55. The molecule has 1 fully saturated rings. The maximum absolute atomic E-state index is 13.5. The van der Waals surface area contributed by atoms with E-state index in [-0.39, 0.29) is 5.56 Å². The minimum atomic E-state index is -0.503. The summed E-state index contributed by atoms with van der Waals surface area (Å²) in [5.74, 6) is 1.82. The first-order valence-electron chi connectivity index (χ1n) is 9.55. The second-order valence-corrected chi connectivity index (χ2v) is 7.13. The fourth-order valence-electron chi connectivity index (χ4n) is 3.73. The van der Waals surface area contributed by atoms with Gasteiger partial charge in [0.1, 0.15) is 17.6 Å². The third-order valence-electron chi connectivity index (χ3n) is 5.27. The SMILES string of the molecule is CCCCC[C@H]1CC[C@H](CCCOc2ccc(C#N)c(F)c2)CC1. The number of rotatable bonds is 9. The molecule has 0 amide bonds. The van der Waals surface area contributed by atoms with Crippen LogP contribution in [-0.4, -0.2) is 6.61 Å². The molecule has 24 heavy (non-hydrogen) atoms. The van der Waals surface area contributed by atoms with Gasteiger partial charge in [0.15, 0.2) is 0 Å². The molecule has 2 nitrogen and oxygen atoms in total. The highest BCUT2D eigenvalue weighted by atomic mass is 19.1. The molecular weight excluding hydrogens is 301 g/mol. The van der Waals surface area contributed by atoms with E-state index in [9.17, 15) is 4.39 Å². The summed E-state index contributed by atoms with van der Waals surface area (Å²) in [5.41, 5.74) is 0.0676. The average Bonchev–Trinajstić information content (AvgIpc) is 2.60. The number of nitrogens with zero attached hydrogens (tertiary/aromatic N) is 1. The van der Waals surface area contributed by atoms with E-state index < -0.39 is 5.82 Å². The monoisotopic (exact) mass is 331 g/mol. The molecule has 0 heterocycles. The first kappa shape index (κ1) is 18.8. The van der Waals surface area contributed by atoms with Crippen LogP contribution in [0, 0.1) is 29.0 Å². The second-order valence-electron chi connectivity index (χ2n) is 7.13. The normalized spacial score (nSPS) is 20.5. The van der Waals surface area contributed by atoms with Gasteiger partial charge in [-0.15, -0.1) is 0 Å². The largest absolute Gasteiger partial charge is 0.493 e. The molecular formula is C21H30FNO. The van der Waals surface area contributed by atoms with Gasteiger partial charge >= 0.3 is 0 Å². The Morgan fingerprint density at radius 2 is 1.75 bits per heavy atom. The molecule has 1 saturated carbocycles. The summed E-state index contributed by atoms with van der Waals surface area (Å²) >= 11 is 0. The van der Waals surface area contributed by atoms with E-state index in [1.165, 1.54) is 69.9 Å². The quantitative estimate of drug-likeness (QED) is 0.501. The van der Waals surface area contributed by atoms with Gasteiger partial charge in [-0.1, -0.05) is 58.3 Å². The van der Waals surface area contributed by atoms with Crippen molar-refractivity contribution in [2.24, 2.45) is 11.8 Å². The summed E-state index contributed by atoms with van der Waals surface area (Å²) in [7, 11) is 0. The molecule has 132 valence electrons. The zero-order chi connectivity index (χ0) is 17.2. The number of nitriles is 1. The molecule has 0 spiro atoms. The Balaban J connectivity index is 1.58. The van der Waals surface area contributed by atoms with Crippen molar-refractivity contribution in [3.8, 4) is 11.8 Å². The molecule has 1 aromatic rings. The Labute approximate surface area is 146 Å². The number of hydrogen-bond donors (Lipinski definition) is 0. The van der Waals surface area contributed by atoms with E-state index in [1.54, 1.807) is 6.07 Å². The number of hydrogen-bond acceptors (Lipinski definition) is 2. The highest BCUT2D eigenvalue weighted by molar-refractivity contribution is 5.36. The summed E-state index contributed by atoms with van der Waals surface area (Å²) in [5, 5.41) is 8.72. The van der Waals surface area contributed by atoms with Crippen LogP contribution < -0.4 is 4.74 Å². The van der Waals surface area contributed by atoms with Crippen molar-refractivity contribution in [1.29, 1.82) is 5.26 Å². The van der Waals surface area contributed by atoms with E-state index in [2.05, 4.69) is 6.92 Å². The van der Waals surface area contributed by atoms with Crippen LogP contribution in [0.5, 0.6) is 5.75 Å². The van der Waals surface area contributed by atoms with E-state index >= 15 is 0 Å². The molecule has 1 aliphatic carbocycles. The van der Waals surface area contributed by atoms with Crippen molar-refractivity contribution in [2.45, 2.75) is 71.1 Å². The van der Waals surface area contributed by atoms with Gasteiger partial charge in [0.25, 0.3) is 0 Å². The van der Waals surface area contributed by atoms with Crippen molar-refractivity contribution >= 4 is 0 Å². The Morgan fingerprint density at radius 1 is 1.08 bits per heavy atom. The fraction of sp³-hybridized carbons (Fsp3) is 0.667. The van der Waals surface area contributed by atoms with Crippen LogP contribution >= 0.6 is 0 Å². The van der Waals surface area contributed by atoms with Crippen LogP contribution in [0.1, 0.15) is 76.7 Å². The van der Waals surface area contributed by atoms with Crippen LogP contribution in [0.15, 0.2) is 18.2 Å². The molecule has 0 saturated heterocycles. The third kappa shape index (κ3) is 6.15. The van der Waals surface area contributed by atoms with Gasteiger partial charge in [0, 0.05) is 6.07 Å². The minimum absolute atomic E-state index is 0.0676. The predicted molar refractivity (Wildman–Crippen MR) is 95.4 cm³/mol. The summed E-state index contributed by atoms with van der Waals surface area (Å²) in [6, 6.07) is 6.27. The fourth-order valence-corrected chi connectivity index (χ4v) is 3.73. The molecule has 1 aliphatic rings. The van der Waals surface area contributed by atoms with Crippen LogP contribution in [0.25, 0.3) is 0 Å². The predicted octanol–water partition coefficient (Wildman–Crippen LogP) is 6.24. The van der Waals surface area contributed by atoms with E-state index in [1.807, 2.05) is 6.07 Å². The molecule has 0 bridgehead atoms. The van der Waals surface area contributed by atoms with Crippen molar-refractivity contribution in [1.82, 2.24) is 0 Å². The van der Waals surface area contributed by atoms with Crippen molar-refractivity contribution in [2.75, 3.05) is 6.61 Å². The van der Waals surface area contributed by atoms with Crippen LogP contribution in [0.2, 0.25) is 0 Å². The average molecular weight is 331 g/mol. The van der Waals surface area contributed by atoms with Gasteiger partial charge in [0.2, 0.25) is 0 Å². The van der Waals surface area contributed by atoms with E-state index in [0.29, 0.717) is 12.4 Å². The van der Waals surface area contributed by atoms with Crippen LogP contribution in [-0.2, 0) is 0 Å². The maximum Gasteiger partial charge on any atom is 0.144 e. The van der Waals surface area contributed by atoms with Crippen LogP contribution in [0.3, 0.4) is 0 Å². The second kappa shape index (κ2) is 10.3. The lowest BCUT2D eigenvalue weighted by molar-refractivity contribution is 0.228. The summed E-state index contributed by atoms with van der Waals surface area (Å²) in [4.78, 5) is 0. The van der Waals surface area contributed by atoms with Gasteiger partial charge in [-0.3, -0.25) is 0 Å². The van der Waals surface area contributed by atoms with Gasteiger partial charge < -0.3 is 4.74 Å². The number of benzene rings is 1. The molecule has 0 N–H and O–H groups in total. The Kier molecular flexibility index (Phi) is 8.08. The summed E-state index contributed by atoms with van der Waals surface area (Å²) < 4.78 is 19.1. The molecule has 0 radical (unpaired) electrons. The number of unbranched alkanes of at least 4 members (excludes halogenated alkanes) is 2. The van der Waals surface area contributed by atoms with Gasteiger partial charge in [0.05, 0.1) is 12.2 Å². The number of ether oxygens (including phenoxy) is 1. The van der Waals surface area contributed by atoms with Crippen LogP contribution in [0.4, 0.5) is 4.39 Å². The zero-order valence-corrected chi connectivity index (χ0v) is 14.9. The van der Waals surface area contributed by atoms with E-state index in [0.717, 1.165) is 18.3 Å². The summed E-state index contributed by atoms with van der Waals surface area (Å²) in [6.07, 6.45) is 13.3. The summed E-state index contributed by atoms with van der Waals surface area (Å²) in [6.45, 7) is 2.90. The molecule has 0 aliphatic heterocycles. The first-order chi connectivity index (χ1) is 11.7. The highest BCUT2D eigenvalue weighted by Crippen LogP contribution is 2.34. The molecule has 0 unspecified atom stereocenters. The highest BCUT2D eigenvalue weighted by Gasteiger charge is 2.20. The molecule has 1 aromatic carbocycles. The number of halogens is 1. The Hall–Kier alpha value is -1.56. The standard InChI is InChI=1S/C21H30FNO/c1-2-3-4-6-17-8-10-18(11-9-17)7-5-14-24-20-13-12-19(16-23)21(22)15-20/h12-13,15,17-18H,2-11,14H2,1H3/t17-,18-.